The summed E-state index contributed by atoms with van der Waals surface area (Å²) in [5, 5.41) is 8.72. The molecule has 1 heterocycles. The molecule has 1 aromatic carbocycles. The van der Waals surface area contributed by atoms with Crippen molar-refractivity contribution in [2.45, 2.75) is 13.8 Å². The molecule has 0 N–H and O–H groups in total. The molecule has 2 fully saturated rings. The topological polar surface area (TPSA) is 61.2 Å². The summed E-state index contributed by atoms with van der Waals surface area (Å²) >= 11 is 0. The molecule has 2 atom stereocenters. The molecule has 4 nitrogen and oxygen atoms in total. The summed E-state index contributed by atoms with van der Waals surface area (Å²) in [5.74, 6) is -0.555. The third-order valence-corrected chi connectivity index (χ3v) is 4.05. The summed E-state index contributed by atoms with van der Waals surface area (Å²) in [5.41, 5.74) is 0.896. The van der Waals surface area contributed by atoms with Crippen LogP contribution in [0, 0.1) is 28.6 Å². The van der Waals surface area contributed by atoms with Crippen LogP contribution in [-0.4, -0.2) is 11.8 Å². The second-order valence-electron chi connectivity index (χ2n) is 5.45. The first kappa shape index (κ1) is 11.0. The summed E-state index contributed by atoms with van der Waals surface area (Å²) < 4.78 is 0. The molecule has 2 aliphatic rings. The molecule has 1 aliphatic carbocycles. The normalized spacial score (nSPS) is 27.9. The van der Waals surface area contributed by atoms with Gasteiger partial charge in [-0.2, -0.15) is 5.26 Å². The number of nitriles is 1. The summed E-state index contributed by atoms with van der Waals surface area (Å²) in [6.45, 7) is 3.91. The van der Waals surface area contributed by atoms with Gasteiger partial charge in [-0.1, -0.05) is 13.8 Å². The van der Waals surface area contributed by atoms with Gasteiger partial charge in [-0.25, -0.2) is 0 Å². The van der Waals surface area contributed by atoms with Crippen molar-refractivity contribution in [1.82, 2.24) is 0 Å². The lowest BCUT2D eigenvalue weighted by molar-refractivity contribution is -0.125. The average Bonchev–Trinajstić information content (AvgIpc) is 2.80. The number of benzene rings is 1. The number of piperidine rings is 1. The Balaban J connectivity index is 1.94. The van der Waals surface area contributed by atoms with Crippen molar-refractivity contribution in [1.29, 1.82) is 5.26 Å². The maximum Gasteiger partial charge on any atom is 0.238 e. The fourth-order valence-corrected chi connectivity index (χ4v) is 2.89. The molecule has 2 unspecified atom stereocenters. The molecular formula is C14H12N2O2. The standard InChI is InChI=1S/C14H12N2O2/c1-14(2)10-11(14)13(18)16(12(10)17)9-5-3-8(7-15)4-6-9/h3-6,10-11H,1-2H3. The van der Waals surface area contributed by atoms with Crippen LogP contribution in [0.3, 0.4) is 0 Å². The van der Waals surface area contributed by atoms with E-state index in [1.165, 1.54) is 4.90 Å². The number of rotatable bonds is 1. The van der Waals surface area contributed by atoms with Crippen LogP contribution in [0.25, 0.3) is 0 Å². The zero-order valence-electron chi connectivity index (χ0n) is 10.2. The van der Waals surface area contributed by atoms with Crippen molar-refractivity contribution in [2.24, 2.45) is 17.3 Å². The van der Waals surface area contributed by atoms with E-state index in [1.54, 1.807) is 24.3 Å². The zero-order valence-corrected chi connectivity index (χ0v) is 10.2. The van der Waals surface area contributed by atoms with Crippen LogP contribution in [0.4, 0.5) is 5.69 Å². The molecule has 1 saturated heterocycles. The highest BCUT2D eigenvalue weighted by Crippen LogP contribution is 2.63. The molecule has 90 valence electrons. The van der Waals surface area contributed by atoms with E-state index in [9.17, 15) is 9.59 Å². The van der Waals surface area contributed by atoms with E-state index in [1.807, 2.05) is 19.9 Å². The van der Waals surface area contributed by atoms with Crippen LogP contribution in [0.1, 0.15) is 19.4 Å². The first-order valence-corrected chi connectivity index (χ1v) is 5.86. The molecular weight excluding hydrogens is 228 g/mol. The molecule has 1 aromatic rings. The van der Waals surface area contributed by atoms with Gasteiger partial charge in [0.1, 0.15) is 0 Å². The third-order valence-electron chi connectivity index (χ3n) is 4.05. The summed E-state index contributed by atoms with van der Waals surface area (Å²) in [6, 6.07) is 8.53. The molecule has 0 spiro atoms. The molecule has 0 radical (unpaired) electrons. The number of nitrogens with zero attached hydrogens (tertiary/aromatic N) is 2. The smallest absolute Gasteiger partial charge is 0.238 e. The Morgan fingerprint density at radius 3 is 2.06 bits per heavy atom. The van der Waals surface area contributed by atoms with Gasteiger partial charge in [-0.05, 0) is 29.7 Å². The van der Waals surface area contributed by atoms with Crippen molar-refractivity contribution in [2.75, 3.05) is 4.90 Å². The van der Waals surface area contributed by atoms with E-state index in [0.29, 0.717) is 11.3 Å². The highest BCUT2D eigenvalue weighted by atomic mass is 16.2. The van der Waals surface area contributed by atoms with E-state index >= 15 is 0 Å². The molecule has 4 heteroatoms. The first-order chi connectivity index (χ1) is 8.48. The maximum absolute atomic E-state index is 12.2. The van der Waals surface area contributed by atoms with E-state index in [-0.39, 0.29) is 29.1 Å². The number of carbonyl (C=O) groups excluding carboxylic acids is 2. The number of imide groups is 1. The summed E-state index contributed by atoms with van der Waals surface area (Å²) in [4.78, 5) is 25.6. The van der Waals surface area contributed by atoms with Crippen LogP contribution < -0.4 is 4.90 Å². The second kappa shape index (κ2) is 3.20. The van der Waals surface area contributed by atoms with E-state index in [4.69, 9.17) is 5.26 Å². The van der Waals surface area contributed by atoms with Gasteiger partial charge in [0.05, 0.1) is 29.2 Å². The van der Waals surface area contributed by atoms with Crippen LogP contribution in [0.5, 0.6) is 0 Å². The monoisotopic (exact) mass is 240 g/mol. The molecule has 0 bridgehead atoms. The number of amides is 2. The Hall–Kier alpha value is -2.15. The highest BCUT2D eigenvalue weighted by Gasteiger charge is 2.72. The van der Waals surface area contributed by atoms with Gasteiger partial charge in [0, 0.05) is 0 Å². The van der Waals surface area contributed by atoms with E-state index in [0.717, 1.165) is 0 Å². The molecule has 0 aromatic heterocycles. The Morgan fingerprint density at radius 2 is 1.61 bits per heavy atom. The number of hydrogen-bond acceptors (Lipinski definition) is 3. The fraction of sp³-hybridized carbons (Fsp3) is 0.357. The van der Waals surface area contributed by atoms with Crippen molar-refractivity contribution in [3.05, 3.63) is 29.8 Å². The summed E-state index contributed by atoms with van der Waals surface area (Å²) in [6.07, 6.45) is 0. The largest absolute Gasteiger partial charge is 0.274 e. The quantitative estimate of drug-likeness (QED) is 0.702. The van der Waals surface area contributed by atoms with Crippen molar-refractivity contribution in [3.63, 3.8) is 0 Å². The average molecular weight is 240 g/mol. The predicted octanol–water partition coefficient (Wildman–Crippen LogP) is 1.70. The third kappa shape index (κ3) is 1.19. The first-order valence-electron chi connectivity index (χ1n) is 5.86. The predicted molar refractivity (Wildman–Crippen MR) is 64.4 cm³/mol. The lowest BCUT2D eigenvalue weighted by Crippen LogP contribution is -2.36. The van der Waals surface area contributed by atoms with Crippen LogP contribution in [0.2, 0.25) is 0 Å². The molecule has 18 heavy (non-hydrogen) atoms. The number of hydrogen-bond donors (Lipinski definition) is 0. The van der Waals surface area contributed by atoms with E-state index in [2.05, 4.69) is 0 Å². The van der Waals surface area contributed by atoms with Crippen molar-refractivity contribution in [3.8, 4) is 6.07 Å². The minimum atomic E-state index is -0.183. The van der Waals surface area contributed by atoms with Crippen LogP contribution in [0.15, 0.2) is 24.3 Å². The van der Waals surface area contributed by atoms with E-state index < -0.39 is 0 Å². The highest BCUT2D eigenvalue weighted by molar-refractivity contribution is 6.25. The summed E-state index contributed by atoms with van der Waals surface area (Å²) in [7, 11) is 0. The molecule has 1 aliphatic heterocycles. The van der Waals surface area contributed by atoms with Gasteiger partial charge in [0.25, 0.3) is 0 Å². The van der Waals surface area contributed by atoms with Crippen molar-refractivity contribution < 1.29 is 9.59 Å². The van der Waals surface area contributed by atoms with Gasteiger partial charge >= 0.3 is 0 Å². The minimum Gasteiger partial charge on any atom is -0.274 e. The van der Waals surface area contributed by atoms with Crippen LogP contribution in [-0.2, 0) is 9.59 Å². The Morgan fingerprint density at radius 1 is 1.11 bits per heavy atom. The Kier molecular flexibility index (Phi) is 1.95. The van der Waals surface area contributed by atoms with Gasteiger partial charge in [-0.15, -0.1) is 0 Å². The van der Waals surface area contributed by atoms with Gasteiger partial charge in [0.15, 0.2) is 0 Å². The zero-order chi connectivity index (χ0) is 13.1. The number of fused-ring (bicyclic) bond motifs is 1. The van der Waals surface area contributed by atoms with Crippen molar-refractivity contribution >= 4 is 17.5 Å². The molecule has 3 rings (SSSR count). The number of carbonyl (C=O) groups is 2. The van der Waals surface area contributed by atoms with Gasteiger partial charge in [-0.3, -0.25) is 14.5 Å². The van der Waals surface area contributed by atoms with Crippen LogP contribution >= 0.6 is 0 Å². The molecule has 1 saturated carbocycles. The SMILES string of the molecule is CC1(C)C2C(=O)N(c3ccc(C#N)cc3)C(=O)C21. The maximum atomic E-state index is 12.2. The minimum absolute atomic E-state index is 0.111. The Bertz CT molecular complexity index is 571. The lowest BCUT2D eigenvalue weighted by Gasteiger charge is -2.20. The fourth-order valence-electron chi connectivity index (χ4n) is 2.89. The second-order valence-corrected chi connectivity index (χ2v) is 5.45. The van der Waals surface area contributed by atoms with Gasteiger partial charge in [0.2, 0.25) is 11.8 Å². The van der Waals surface area contributed by atoms with Gasteiger partial charge < -0.3 is 0 Å². The number of anilines is 1. The molecule has 2 amide bonds. The lowest BCUT2D eigenvalue weighted by atomic mass is 10.0. The Labute approximate surface area is 105 Å².